The summed E-state index contributed by atoms with van der Waals surface area (Å²) in [6.07, 6.45) is 67.7. The van der Waals surface area contributed by atoms with Crippen molar-refractivity contribution in [3.8, 4) is 0 Å². The Hall–Kier alpha value is -2.81. The van der Waals surface area contributed by atoms with Crippen molar-refractivity contribution < 1.29 is 37.6 Å². The Morgan fingerprint density at radius 3 is 1.22 bits per heavy atom. The summed E-state index contributed by atoms with van der Waals surface area (Å²) in [5.74, 6) is -0.838. The Balaban J connectivity index is 4.00. The maximum absolute atomic E-state index is 12.7. The lowest BCUT2D eigenvalue weighted by atomic mass is 10.0. The van der Waals surface area contributed by atoms with Crippen molar-refractivity contribution in [2.24, 2.45) is 5.73 Å². The summed E-state index contributed by atoms with van der Waals surface area (Å²) in [5.41, 5.74) is 5.37. The Kier molecular flexibility index (Phi) is 50.4. The minimum absolute atomic E-state index is 0.0490. The van der Waals surface area contributed by atoms with E-state index in [-0.39, 0.29) is 38.6 Å². The van der Waals surface area contributed by atoms with Gasteiger partial charge in [-0.3, -0.25) is 18.6 Å². The van der Waals surface area contributed by atoms with E-state index in [0.717, 1.165) is 89.9 Å². The Labute approximate surface area is 411 Å². The van der Waals surface area contributed by atoms with Crippen molar-refractivity contribution in [2.75, 3.05) is 26.4 Å². The van der Waals surface area contributed by atoms with Crippen LogP contribution in [0, 0.1) is 0 Å². The number of allylic oxidation sites excluding steroid dienone is 14. The first kappa shape index (κ1) is 64.2. The number of ether oxygens (including phenoxy) is 2. The summed E-state index contributed by atoms with van der Waals surface area (Å²) in [7, 11) is -4.39. The van der Waals surface area contributed by atoms with Gasteiger partial charge in [0.2, 0.25) is 0 Å². The smallest absolute Gasteiger partial charge is 0.462 e. The van der Waals surface area contributed by atoms with Gasteiger partial charge in [-0.1, -0.05) is 214 Å². The highest BCUT2D eigenvalue weighted by Gasteiger charge is 2.26. The summed E-state index contributed by atoms with van der Waals surface area (Å²) in [4.78, 5) is 35.1. The van der Waals surface area contributed by atoms with E-state index >= 15 is 0 Å². The van der Waals surface area contributed by atoms with E-state index in [1.54, 1.807) is 0 Å². The zero-order valence-electron chi connectivity index (χ0n) is 42.9. The van der Waals surface area contributed by atoms with Crippen LogP contribution in [0.2, 0.25) is 0 Å². The van der Waals surface area contributed by atoms with Crippen LogP contribution >= 0.6 is 7.82 Å². The second-order valence-electron chi connectivity index (χ2n) is 17.7. The minimum atomic E-state index is -4.39. The van der Waals surface area contributed by atoms with Crippen molar-refractivity contribution >= 4 is 19.8 Å². The lowest BCUT2D eigenvalue weighted by Gasteiger charge is -2.19. The molecule has 2 unspecified atom stereocenters. The zero-order chi connectivity index (χ0) is 48.8. The fourth-order valence-corrected chi connectivity index (χ4v) is 8.05. The van der Waals surface area contributed by atoms with Crippen molar-refractivity contribution in [1.82, 2.24) is 0 Å². The van der Waals surface area contributed by atoms with Gasteiger partial charge in [0.25, 0.3) is 0 Å². The molecule has 10 heteroatoms. The first-order valence-electron chi connectivity index (χ1n) is 27.1. The number of rotatable bonds is 50. The molecule has 0 saturated heterocycles. The number of hydrogen-bond acceptors (Lipinski definition) is 8. The van der Waals surface area contributed by atoms with E-state index in [4.69, 9.17) is 24.3 Å². The van der Waals surface area contributed by atoms with Crippen LogP contribution in [-0.2, 0) is 32.7 Å². The molecule has 0 heterocycles. The number of hydrogen-bond donors (Lipinski definition) is 2. The Bertz CT molecular complexity index is 1370. The highest BCUT2D eigenvalue weighted by molar-refractivity contribution is 7.47. The monoisotopic (exact) mass is 958 g/mol. The molecule has 0 aromatic carbocycles. The van der Waals surface area contributed by atoms with Gasteiger partial charge in [0.1, 0.15) is 6.61 Å². The number of phosphoric ester groups is 1. The molecule has 386 valence electrons. The predicted octanol–water partition coefficient (Wildman–Crippen LogP) is 16.7. The number of esters is 2. The molecule has 2 atom stereocenters. The number of unbranched alkanes of at least 4 members (excludes halogenated alkanes) is 23. The van der Waals surface area contributed by atoms with E-state index in [1.807, 2.05) is 0 Å². The molecule has 0 aliphatic heterocycles. The first-order chi connectivity index (χ1) is 32.8. The lowest BCUT2D eigenvalue weighted by molar-refractivity contribution is -0.161. The molecule has 0 aromatic rings. The maximum atomic E-state index is 12.7. The Morgan fingerprint density at radius 2 is 0.821 bits per heavy atom. The van der Waals surface area contributed by atoms with Gasteiger partial charge in [-0.25, -0.2) is 4.57 Å². The molecule has 0 aliphatic carbocycles. The van der Waals surface area contributed by atoms with E-state index in [9.17, 15) is 19.0 Å². The second-order valence-corrected chi connectivity index (χ2v) is 19.2. The lowest BCUT2D eigenvalue weighted by Crippen LogP contribution is -2.29. The molecule has 0 rings (SSSR count). The topological polar surface area (TPSA) is 134 Å². The van der Waals surface area contributed by atoms with Crippen LogP contribution in [0.4, 0.5) is 0 Å². The molecule has 0 amide bonds. The molecule has 0 saturated carbocycles. The van der Waals surface area contributed by atoms with Crippen molar-refractivity contribution in [3.63, 3.8) is 0 Å². The molecule has 0 aromatic heterocycles. The van der Waals surface area contributed by atoms with Gasteiger partial charge in [0.15, 0.2) is 6.10 Å². The number of phosphoric acid groups is 1. The van der Waals surface area contributed by atoms with Gasteiger partial charge in [-0.15, -0.1) is 0 Å². The number of carbonyl (C=O) groups is 2. The summed E-state index contributed by atoms with van der Waals surface area (Å²) >= 11 is 0. The molecule has 3 N–H and O–H groups in total. The van der Waals surface area contributed by atoms with E-state index in [1.165, 1.54) is 109 Å². The third kappa shape index (κ3) is 52.4. The summed E-state index contributed by atoms with van der Waals surface area (Å²) in [6, 6.07) is 0. The maximum Gasteiger partial charge on any atom is 0.472 e. The van der Waals surface area contributed by atoms with Gasteiger partial charge < -0.3 is 20.1 Å². The van der Waals surface area contributed by atoms with Crippen molar-refractivity contribution in [3.05, 3.63) is 85.1 Å². The normalized spacial score (nSPS) is 13.8. The molecular formula is C57H100NO8P. The van der Waals surface area contributed by atoms with Crippen molar-refractivity contribution in [1.29, 1.82) is 0 Å². The van der Waals surface area contributed by atoms with Crippen LogP contribution in [0.3, 0.4) is 0 Å². The molecule has 0 radical (unpaired) electrons. The third-order valence-corrected chi connectivity index (χ3v) is 12.2. The van der Waals surface area contributed by atoms with Crippen LogP contribution in [-0.4, -0.2) is 49.3 Å². The van der Waals surface area contributed by atoms with Crippen LogP contribution in [0.1, 0.15) is 232 Å². The van der Waals surface area contributed by atoms with Crippen LogP contribution < -0.4 is 5.73 Å². The first-order valence-corrected chi connectivity index (χ1v) is 28.6. The van der Waals surface area contributed by atoms with Crippen LogP contribution in [0.5, 0.6) is 0 Å². The van der Waals surface area contributed by atoms with Crippen LogP contribution in [0.15, 0.2) is 85.1 Å². The Morgan fingerprint density at radius 1 is 0.463 bits per heavy atom. The van der Waals surface area contributed by atoms with Gasteiger partial charge in [0.05, 0.1) is 13.2 Å². The molecule has 9 nitrogen and oxygen atoms in total. The predicted molar refractivity (Wildman–Crippen MR) is 284 cm³/mol. The zero-order valence-corrected chi connectivity index (χ0v) is 43.8. The van der Waals surface area contributed by atoms with Crippen molar-refractivity contribution in [2.45, 2.75) is 238 Å². The quantitative estimate of drug-likeness (QED) is 0.0264. The molecule has 0 bridgehead atoms. The third-order valence-electron chi connectivity index (χ3n) is 11.3. The molecule has 0 spiro atoms. The van der Waals surface area contributed by atoms with E-state index < -0.39 is 26.5 Å². The van der Waals surface area contributed by atoms with E-state index in [2.05, 4.69) is 98.9 Å². The highest BCUT2D eigenvalue weighted by Crippen LogP contribution is 2.43. The average molecular weight is 958 g/mol. The largest absolute Gasteiger partial charge is 0.472 e. The molecular weight excluding hydrogens is 858 g/mol. The van der Waals surface area contributed by atoms with Gasteiger partial charge in [-0.05, 0) is 89.9 Å². The molecule has 67 heavy (non-hydrogen) atoms. The second kappa shape index (κ2) is 52.6. The number of nitrogens with two attached hydrogens (primary N) is 1. The SMILES string of the molecule is CC/C=C\C/C=C\C/C=C\C/C=C\C/C=C\CCCCCCCCCCCCCCCC(=O)OC(COC(=O)CCCCCCCCC/C=C\C/C=C\CCCCC)COP(=O)(O)OCCN. The highest BCUT2D eigenvalue weighted by atomic mass is 31.2. The molecule has 0 aliphatic rings. The van der Waals surface area contributed by atoms with E-state index in [0.29, 0.717) is 6.42 Å². The summed E-state index contributed by atoms with van der Waals surface area (Å²) in [5, 5.41) is 0. The van der Waals surface area contributed by atoms with Gasteiger partial charge in [-0.2, -0.15) is 0 Å². The number of carbonyl (C=O) groups excluding carboxylic acids is 2. The summed E-state index contributed by atoms with van der Waals surface area (Å²) in [6.45, 7) is 3.60. The molecule has 0 fully saturated rings. The fourth-order valence-electron chi connectivity index (χ4n) is 7.28. The standard InChI is InChI=1S/C57H100NO8P/c1-3-5-7-9-11-13-15-17-19-21-22-23-24-25-26-27-28-29-30-31-32-34-36-38-40-42-44-46-48-50-57(60)66-55(54-65-67(61,62)64-52-51-58)53-63-56(59)49-47-45-43-41-39-37-35-33-20-18-16-14-12-10-8-6-4-2/h5,7,11-14,17-20,22-23,25-26,55H,3-4,6,8-10,15-16,21,24,27-54,58H2,1-2H3,(H,61,62)/b7-5-,13-11-,14-12-,19-17-,20-18-,23-22-,26-25-. The average Bonchev–Trinajstić information content (AvgIpc) is 3.32. The van der Waals surface area contributed by atoms with Gasteiger partial charge in [0, 0.05) is 19.4 Å². The fraction of sp³-hybridized carbons (Fsp3) is 0.719. The minimum Gasteiger partial charge on any atom is -0.462 e. The summed E-state index contributed by atoms with van der Waals surface area (Å²) < 4.78 is 33.0. The van der Waals surface area contributed by atoms with Gasteiger partial charge >= 0.3 is 19.8 Å². The van der Waals surface area contributed by atoms with Crippen LogP contribution in [0.25, 0.3) is 0 Å².